The Bertz CT molecular complexity index is 931. The minimum absolute atomic E-state index is 0.111. The first-order valence-electron chi connectivity index (χ1n) is 8.65. The van der Waals surface area contributed by atoms with Crippen LogP contribution in [0.15, 0.2) is 30.0 Å². The SMILES string of the molecule is COc1cccc(C=C2Oc3c(C[NH+](C)C)c([O-])cc(C)c3C2=O)c1OC. The van der Waals surface area contributed by atoms with Crippen molar-refractivity contribution in [1.29, 1.82) is 0 Å². The second kappa shape index (κ2) is 7.32. The number of rotatable bonds is 5. The molecule has 1 aliphatic rings. The summed E-state index contributed by atoms with van der Waals surface area (Å²) in [6, 6.07) is 6.90. The lowest BCUT2D eigenvalue weighted by molar-refractivity contribution is -0.872. The summed E-state index contributed by atoms with van der Waals surface area (Å²) in [6.07, 6.45) is 1.62. The van der Waals surface area contributed by atoms with Gasteiger partial charge < -0.3 is 24.2 Å². The van der Waals surface area contributed by atoms with E-state index in [1.165, 1.54) is 13.2 Å². The third-order valence-electron chi connectivity index (χ3n) is 4.45. The molecule has 6 heteroatoms. The second-order valence-electron chi connectivity index (χ2n) is 6.78. The van der Waals surface area contributed by atoms with Crippen molar-refractivity contribution >= 4 is 11.9 Å². The predicted octanol–water partition coefficient (Wildman–Crippen LogP) is 1.35. The van der Waals surface area contributed by atoms with Crippen LogP contribution in [0, 0.1) is 6.92 Å². The first-order valence-corrected chi connectivity index (χ1v) is 8.65. The van der Waals surface area contributed by atoms with Crippen molar-refractivity contribution in [3.63, 3.8) is 0 Å². The molecule has 6 nitrogen and oxygen atoms in total. The van der Waals surface area contributed by atoms with E-state index in [4.69, 9.17) is 14.2 Å². The number of hydrogen-bond donors (Lipinski definition) is 1. The zero-order valence-corrected chi connectivity index (χ0v) is 16.1. The lowest BCUT2D eigenvalue weighted by Gasteiger charge is -2.19. The average Bonchev–Trinajstić information content (AvgIpc) is 2.95. The number of para-hydroxylation sites is 1. The van der Waals surface area contributed by atoms with E-state index < -0.39 is 0 Å². The molecule has 0 aromatic heterocycles. The number of nitrogens with one attached hydrogen (secondary N) is 1. The summed E-state index contributed by atoms with van der Waals surface area (Å²) in [5, 5.41) is 12.4. The van der Waals surface area contributed by atoms with Crippen molar-refractivity contribution in [2.24, 2.45) is 0 Å². The Morgan fingerprint density at radius 2 is 1.96 bits per heavy atom. The van der Waals surface area contributed by atoms with Gasteiger partial charge in [-0.25, -0.2) is 0 Å². The van der Waals surface area contributed by atoms with Crippen LogP contribution in [-0.2, 0) is 6.54 Å². The molecule has 2 aromatic rings. The Labute approximate surface area is 158 Å². The summed E-state index contributed by atoms with van der Waals surface area (Å²) in [7, 11) is 6.98. The van der Waals surface area contributed by atoms with Gasteiger partial charge in [-0.2, -0.15) is 0 Å². The van der Waals surface area contributed by atoms with Gasteiger partial charge in [0.2, 0.25) is 5.78 Å². The topological polar surface area (TPSA) is 72.3 Å². The van der Waals surface area contributed by atoms with Gasteiger partial charge in [-0.05, 0) is 24.6 Å². The number of methoxy groups -OCH3 is 2. The quantitative estimate of drug-likeness (QED) is 0.806. The number of carbonyl (C=O) groups excluding carboxylic acids is 1. The third kappa shape index (κ3) is 3.36. The summed E-state index contributed by atoms with van der Waals surface area (Å²) >= 11 is 0. The van der Waals surface area contributed by atoms with E-state index in [2.05, 4.69) is 0 Å². The first-order chi connectivity index (χ1) is 12.9. The summed E-state index contributed by atoms with van der Waals surface area (Å²) < 4.78 is 16.6. The van der Waals surface area contributed by atoms with Crippen LogP contribution in [0.3, 0.4) is 0 Å². The van der Waals surface area contributed by atoms with Crippen LogP contribution in [0.5, 0.6) is 23.0 Å². The molecule has 0 bridgehead atoms. The van der Waals surface area contributed by atoms with Gasteiger partial charge in [0.1, 0.15) is 12.3 Å². The van der Waals surface area contributed by atoms with Crippen LogP contribution < -0.4 is 24.2 Å². The zero-order valence-electron chi connectivity index (χ0n) is 16.1. The maximum atomic E-state index is 13.0. The molecular formula is C21H23NO5. The van der Waals surface area contributed by atoms with Gasteiger partial charge in [-0.3, -0.25) is 4.79 Å². The summed E-state index contributed by atoms with van der Waals surface area (Å²) in [5.41, 5.74) is 2.26. The molecule has 0 amide bonds. The number of ether oxygens (including phenoxy) is 3. The van der Waals surface area contributed by atoms with Crippen molar-refractivity contribution in [2.45, 2.75) is 13.5 Å². The van der Waals surface area contributed by atoms with E-state index in [0.717, 1.165) is 4.90 Å². The van der Waals surface area contributed by atoms with E-state index in [-0.39, 0.29) is 17.3 Å². The largest absolute Gasteiger partial charge is 0.872 e. The van der Waals surface area contributed by atoms with Gasteiger partial charge in [-0.1, -0.05) is 23.9 Å². The maximum Gasteiger partial charge on any atom is 0.232 e. The molecule has 0 radical (unpaired) electrons. The number of benzene rings is 2. The fourth-order valence-corrected chi connectivity index (χ4v) is 3.25. The predicted molar refractivity (Wildman–Crippen MR) is 99.6 cm³/mol. The third-order valence-corrected chi connectivity index (χ3v) is 4.45. The average molecular weight is 369 g/mol. The molecule has 1 aliphatic heterocycles. The van der Waals surface area contributed by atoms with Gasteiger partial charge >= 0.3 is 0 Å². The first kappa shape index (κ1) is 18.8. The Kier molecular flexibility index (Phi) is 5.10. The standard InChI is InChI=1S/C21H23NO5/c1-12-9-15(23)14(11-22(2)3)21-18(12)19(24)17(27-21)10-13-7-6-8-16(25-4)20(13)26-5/h6-10,23H,11H2,1-5H3. The number of aryl methyl sites for hydroxylation is 1. The molecule has 1 N–H and O–H groups in total. The van der Waals surface area contributed by atoms with Crippen molar-refractivity contribution < 1.29 is 29.0 Å². The van der Waals surface area contributed by atoms with Gasteiger partial charge in [0.05, 0.1) is 33.9 Å². The van der Waals surface area contributed by atoms with Crippen LogP contribution in [0.4, 0.5) is 0 Å². The van der Waals surface area contributed by atoms with Crippen molar-refractivity contribution in [2.75, 3.05) is 28.3 Å². The number of hydrogen-bond acceptors (Lipinski definition) is 5. The highest BCUT2D eigenvalue weighted by Gasteiger charge is 2.32. The van der Waals surface area contributed by atoms with Gasteiger partial charge in [0.15, 0.2) is 17.3 Å². The smallest absolute Gasteiger partial charge is 0.232 e. The Hall–Kier alpha value is -2.99. The van der Waals surface area contributed by atoms with Crippen LogP contribution in [0.1, 0.15) is 27.0 Å². The summed E-state index contributed by atoms with van der Waals surface area (Å²) in [5.74, 6) is 1.27. The van der Waals surface area contributed by atoms with Crippen molar-refractivity contribution in [3.05, 3.63) is 52.3 Å². The number of Topliss-reactive ketones (excluding diaryl/α,β-unsaturated/α-hetero) is 1. The molecular weight excluding hydrogens is 346 g/mol. The van der Waals surface area contributed by atoms with E-state index in [1.807, 2.05) is 26.2 Å². The van der Waals surface area contributed by atoms with Crippen molar-refractivity contribution in [1.82, 2.24) is 0 Å². The number of ketones is 1. The van der Waals surface area contributed by atoms with E-state index in [0.29, 0.717) is 46.0 Å². The normalized spacial score (nSPS) is 14.4. The summed E-state index contributed by atoms with van der Waals surface area (Å²) in [6.45, 7) is 2.23. The monoisotopic (exact) mass is 369 g/mol. The highest BCUT2D eigenvalue weighted by molar-refractivity contribution is 6.16. The van der Waals surface area contributed by atoms with Crippen LogP contribution in [0.25, 0.3) is 6.08 Å². The van der Waals surface area contributed by atoms with Gasteiger partial charge in [-0.15, -0.1) is 0 Å². The van der Waals surface area contributed by atoms with Crippen LogP contribution in [0.2, 0.25) is 0 Å². The molecule has 1 heterocycles. The second-order valence-corrected chi connectivity index (χ2v) is 6.78. The highest BCUT2D eigenvalue weighted by Crippen LogP contribution is 2.41. The molecule has 3 rings (SSSR count). The van der Waals surface area contributed by atoms with Crippen LogP contribution in [-0.4, -0.2) is 34.1 Å². The highest BCUT2D eigenvalue weighted by atomic mass is 16.5. The Morgan fingerprint density at radius 1 is 1.22 bits per heavy atom. The Balaban J connectivity index is 2.10. The minimum Gasteiger partial charge on any atom is -0.872 e. The van der Waals surface area contributed by atoms with Gasteiger partial charge in [0, 0.05) is 11.1 Å². The lowest BCUT2D eigenvalue weighted by Crippen LogP contribution is -3.04. The van der Waals surface area contributed by atoms with Gasteiger partial charge in [0.25, 0.3) is 0 Å². The Morgan fingerprint density at radius 3 is 2.59 bits per heavy atom. The van der Waals surface area contributed by atoms with Crippen molar-refractivity contribution in [3.8, 4) is 23.0 Å². The molecule has 0 saturated carbocycles. The fourth-order valence-electron chi connectivity index (χ4n) is 3.25. The molecule has 0 unspecified atom stereocenters. The molecule has 0 spiro atoms. The molecule has 0 aliphatic carbocycles. The molecule has 0 saturated heterocycles. The number of fused-ring (bicyclic) bond motifs is 1. The summed E-state index contributed by atoms with van der Waals surface area (Å²) in [4.78, 5) is 14.0. The van der Waals surface area contributed by atoms with E-state index >= 15 is 0 Å². The number of allylic oxidation sites excluding steroid dienone is 1. The fraction of sp³-hybridized carbons (Fsp3) is 0.286. The maximum absolute atomic E-state index is 13.0. The molecule has 142 valence electrons. The van der Waals surface area contributed by atoms with E-state index in [9.17, 15) is 9.90 Å². The molecule has 0 atom stereocenters. The number of carbonyl (C=O) groups is 1. The minimum atomic E-state index is -0.234. The molecule has 0 fully saturated rings. The lowest BCUT2D eigenvalue weighted by atomic mass is 9.99. The molecule has 2 aromatic carbocycles. The van der Waals surface area contributed by atoms with E-state index in [1.54, 1.807) is 26.2 Å². The number of quaternary nitrogens is 1. The molecule has 27 heavy (non-hydrogen) atoms. The zero-order chi connectivity index (χ0) is 19.7. The van der Waals surface area contributed by atoms with Crippen LogP contribution >= 0.6 is 0 Å².